The molecular formula is C14H12F4N2. The van der Waals surface area contributed by atoms with Crippen molar-refractivity contribution in [2.75, 3.05) is 5.32 Å². The van der Waals surface area contributed by atoms with Crippen LogP contribution in [0.2, 0.25) is 0 Å². The number of alkyl halides is 3. The van der Waals surface area contributed by atoms with Crippen molar-refractivity contribution in [1.82, 2.24) is 4.98 Å². The first-order valence-corrected chi connectivity index (χ1v) is 5.92. The van der Waals surface area contributed by atoms with Crippen molar-refractivity contribution in [2.24, 2.45) is 0 Å². The summed E-state index contributed by atoms with van der Waals surface area (Å²) in [6, 6.07) is 7.33. The van der Waals surface area contributed by atoms with Crippen LogP contribution >= 0.6 is 0 Å². The molecule has 2 aromatic rings. The van der Waals surface area contributed by atoms with Crippen LogP contribution in [0.5, 0.6) is 0 Å². The molecular weight excluding hydrogens is 272 g/mol. The summed E-state index contributed by atoms with van der Waals surface area (Å²) in [5.74, 6) is -0.640. The summed E-state index contributed by atoms with van der Waals surface area (Å²) in [6.07, 6.45) is -3.17. The van der Waals surface area contributed by atoms with E-state index in [-0.39, 0.29) is 5.56 Å². The van der Waals surface area contributed by atoms with Crippen molar-refractivity contribution in [1.29, 1.82) is 0 Å². The first-order valence-electron chi connectivity index (χ1n) is 5.92. The lowest BCUT2D eigenvalue weighted by molar-refractivity contribution is -0.138. The number of nitrogens with zero attached hydrogens (tertiary/aromatic N) is 1. The van der Waals surface area contributed by atoms with Gasteiger partial charge in [-0.15, -0.1) is 0 Å². The van der Waals surface area contributed by atoms with Crippen LogP contribution < -0.4 is 5.32 Å². The number of anilines is 1. The summed E-state index contributed by atoms with van der Waals surface area (Å²) < 4.78 is 51.4. The van der Waals surface area contributed by atoms with Crippen LogP contribution in [0.1, 0.15) is 24.1 Å². The second-order valence-electron chi connectivity index (χ2n) is 4.32. The molecule has 0 radical (unpaired) electrons. The van der Waals surface area contributed by atoms with E-state index in [0.29, 0.717) is 5.69 Å². The summed E-state index contributed by atoms with van der Waals surface area (Å²) in [6.45, 7) is 1.61. The van der Waals surface area contributed by atoms with E-state index in [1.807, 2.05) is 0 Å². The average Bonchev–Trinajstić information content (AvgIpc) is 2.40. The van der Waals surface area contributed by atoms with E-state index in [0.717, 1.165) is 12.1 Å². The lowest BCUT2D eigenvalue weighted by Gasteiger charge is -2.20. The third-order valence-electron chi connectivity index (χ3n) is 2.84. The summed E-state index contributed by atoms with van der Waals surface area (Å²) in [5.41, 5.74) is -0.102. The van der Waals surface area contributed by atoms with Crippen LogP contribution in [0.3, 0.4) is 0 Å². The Labute approximate surface area is 113 Å². The van der Waals surface area contributed by atoms with Gasteiger partial charge in [0.1, 0.15) is 0 Å². The van der Waals surface area contributed by atoms with E-state index < -0.39 is 23.7 Å². The Bertz CT molecular complexity index is 578. The Morgan fingerprint density at radius 3 is 2.40 bits per heavy atom. The monoisotopic (exact) mass is 284 g/mol. The molecule has 1 aromatic carbocycles. The number of hydrogen-bond acceptors (Lipinski definition) is 2. The lowest BCUT2D eigenvalue weighted by atomic mass is 10.0. The largest absolute Gasteiger partial charge is 0.416 e. The van der Waals surface area contributed by atoms with Gasteiger partial charge in [-0.1, -0.05) is 18.2 Å². The first-order chi connectivity index (χ1) is 9.38. The molecule has 1 N–H and O–H groups in total. The number of hydrogen-bond donors (Lipinski definition) is 1. The van der Waals surface area contributed by atoms with Crippen molar-refractivity contribution < 1.29 is 17.6 Å². The molecule has 6 heteroatoms. The highest BCUT2D eigenvalue weighted by atomic mass is 19.4. The Morgan fingerprint density at radius 2 is 1.80 bits per heavy atom. The van der Waals surface area contributed by atoms with E-state index in [1.165, 1.54) is 24.4 Å². The summed E-state index contributed by atoms with van der Waals surface area (Å²) in [4.78, 5) is 3.45. The number of halogens is 4. The Balaban J connectivity index is 2.25. The van der Waals surface area contributed by atoms with E-state index in [9.17, 15) is 17.6 Å². The molecule has 1 atom stereocenters. The number of pyridine rings is 1. The van der Waals surface area contributed by atoms with Crippen molar-refractivity contribution in [3.63, 3.8) is 0 Å². The second kappa shape index (κ2) is 5.48. The average molecular weight is 284 g/mol. The molecule has 106 valence electrons. The van der Waals surface area contributed by atoms with E-state index >= 15 is 0 Å². The fraction of sp³-hybridized carbons (Fsp3) is 0.214. The molecule has 0 saturated carbocycles. The number of nitrogens with one attached hydrogen (secondary N) is 1. The molecule has 1 heterocycles. The van der Waals surface area contributed by atoms with Gasteiger partial charge in [-0.3, -0.25) is 0 Å². The predicted octanol–water partition coefficient (Wildman–Crippen LogP) is 4.41. The summed E-state index contributed by atoms with van der Waals surface area (Å²) in [5, 5.41) is 2.87. The standard InChI is InChI=1S/C14H12F4N2/c1-9(20-10-6-7-13(15)19-8-10)11-4-2-3-5-12(11)14(16,17)18/h2-9,20H,1H3. The number of benzene rings is 1. The minimum atomic E-state index is -4.41. The van der Waals surface area contributed by atoms with Gasteiger partial charge in [-0.25, -0.2) is 4.98 Å². The highest BCUT2D eigenvalue weighted by Crippen LogP contribution is 2.35. The van der Waals surface area contributed by atoms with E-state index in [1.54, 1.807) is 13.0 Å². The van der Waals surface area contributed by atoms with Gasteiger partial charge >= 0.3 is 6.18 Å². The van der Waals surface area contributed by atoms with Gasteiger partial charge < -0.3 is 5.32 Å². The molecule has 20 heavy (non-hydrogen) atoms. The molecule has 2 rings (SSSR count). The Hall–Kier alpha value is -2.11. The smallest absolute Gasteiger partial charge is 0.377 e. The van der Waals surface area contributed by atoms with Crippen molar-refractivity contribution >= 4 is 5.69 Å². The molecule has 0 saturated heterocycles. The molecule has 1 aromatic heterocycles. The second-order valence-corrected chi connectivity index (χ2v) is 4.32. The SMILES string of the molecule is CC(Nc1ccc(F)nc1)c1ccccc1C(F)(F)F. The predicted molar refractivity (Wildman–Crippen MR) is 67.7 cm³/mol. The molecule has 0 aliphatic rings. The summed E-state index contributed by atoms with van der Waals surface area (Å²) in [7, 11) is 0. The van der Waals surface area contributed by atoms with Gasteiger partial charge in [-0.05, 0) is 30.7 Å². The van der Waals surface area contributed by atoms with Gasteiger partial charge in [0.25, 0.3) is 0 Å². The van der Waals surface area contributed by atoms with Crippen LogP contribution in [-0.4, -0.2) is 4.98 Å². The summed E-state index contributed by atoms with van der Waals surface area (Å²) >= 11 is 0. The maximum Gasteiger partial charge on any atom is 0.416 e. The van der Waals surface area contributed by atoms with Crippen LogP contribution in [-0.2, 0) is 6.18 Å². The van der Waals surface area contributed by atoms with E-state index in [4.69, 9.17) is 0 Å². The number of aromatic nitrogens is 1. The third kappa shape index (κ3) is 3.26. The van der Waals surface area contributed by atoms with Gasteiger partial charge in [0, 0.05) is 6.04 Å². The third-order valence-corrected chi connectivity index (χ3v) is 2.84. The fourth-order valence-corrected chi connectivity index (χ4v) is 1.92. The zero-order valence-corrected chi connectivity index (χ0v) is 10.6. The first kappa shape index (κ1) is 14.3. The van der Waals surface area contributed by atoms with Crippen LogP contribution in [0, 0.1) is 5.95 Å². The quantitative estimate of drug-likeness (QED) is 0.667. The van der Waals surface area contributed by atoms with Crippen LogP contribution in [0.25, 0.3) is 0 Å². The Kier molecular flexibility index (Phi) is 3.92. The molecule has 0 aliphatic carbocycles. The van der Waals surface area contributed by atoms with E-state index in [2.05, 4.69) is 10.3 Å². The topological polar surface area (TPSA) is 24.9 Å². The molecule has 0 spiro atoms. The van der Waals surface area contributed by atoms with Crippen LogP contribution in [0.4, 0.5) is 23.2 Å². The highest BCUT2D eigenvalue weighted by molar-refractivity contribution is 5.44. The normalized spacial score (nSPS) is 13.1. The maximum absolute atomic E-state index is 12.9. The molecule has 2 nitrogen and oxygen atoms in total. The minimum Gasteiger partial charge on any atom is -0.377 e. The zero-order valence-electron chi connectivity index (χ0n) is 10.6. The zero-order chi connectivity index (χ0) is 14.8. The molecule has 1 unspecified atom stereocenters. The van der Waals surface area contributed by atoms with Crippen molar-refractivity contribution in [3.05, 3.63) is 59.7 Å². The van der Waals surface area contributed by atoms with Gasteiger partial charge in [-0.2, -0.15) is 17.6 Å². The highest BCUT2D eigenvalue weighted by Gasteiger charge is 2.34. The lowest BCUT2D eigenvalue weighted by Crippen LogP contribution is -2.15. The van der Waals surface area contributed by atoms with Crippen molar-refractivity contribution in [2.45, 2.75) is 19.1 Å². The Morgan fingerprint density at radius 1 is 1.10 bits per heavy atom. The fourth-order valence-electron chi connectivity index (χ4n) is 1.92. The van der Waals surface area contributed by atoms with Gasteiger partial charge in [0.15, 0.2) is 0 Å². The molecule has 0 bridgehead atoms. The maximum atomic E-state index is 12.9. The van der Waals surface area contributed by atoms with Crippen LogP contribution in [0.15, 0.2) is 42.6 Å². The van der Waals surface area contributed by atoms with Crippen molar-refractivity contribution in [3.8, 4) is 0 Å². The minimum absolute atomic E-state index is 0.129. The molecule has 0 aliphatic heterocycles. The number of rotatable bonds is 3. The molecule has 0 amide bonds. The van der Waals surface area contributed by atoms with Gasteiger partial charge in [0.05, 0.1) is 17.4 Å². The molecule has 0 fully saturated rings. The van der Waals surface area contributed by atoms with Gasteiger partial charge in [0.2, 0.25) is 5.95 Å².